The summed E-state index contributed by atoms with van der Waals surface area (Å²) in [6.07, 6.45) is 2.14. The zero-order valence-corrected chi connectivity index (χ0v) is 17.4. The lowest BCUT2D eigenvalue weighted by molar-refractivity contribution is -0.116. The van der Waals surface area contributed by atoms with Gasteiger partial charge in [-0.3, -0.25) is 14.2 Å². The van der Waals surface area contributed by atoms with Crippen LogP contribution in [0.25, 0.3) is 10.9 Å². The van der Waals surface area contributed by atoms with Crippen LogP contribution in [0.2, 0.25) is 10.0 Å². The number of carbonyl (C=O) groups excluding carboxylic acids is 1. The second-order valence-corrected chi connectivity index (χ2v) is 7.09. The number of hydrogen-bond donors (Lipinski definition) is 1. The highest BCUT2D eigenvalue weighted by molar-refractivity contribution is 6.36. The number of halogens is 2. The van der Waals surface area contributed by atoms with E-state index in [0.717, 1.165) is 0 Å². The Kier molecular flexibility index (Phi) is 6.61. The summed E-state index contributed by atoms with van der Waals surface area (Å²) in [4.78, 5) is 29.2. The van der Waals surface area contributed by atoms with Crippen molar-refractivity contribution in [2.75, 3.05) is 19.5 Å². The van der Waals surface area contributed by atoms with E-state index >= 15 is 0 Å². The van der Waals surface area contributed by atoms with E-state index in [1.807, 2.05) is 0 Å². The minimum Gasteiger partial charge on any atom is -0.493 e. The van der Waals surface area contributed by atoms with Gasteiger partial charge in [0.15, 0.2) is 11.5 Å². The molecule has 3 rings (SSSR count). The molecule has 0 aliphatic rings. The number of anilines is 1. The molecule has 0 spiro atoms. The van der Waals surface area contributed by atoms with E-state index in [1.165, 1.54) is 25.1 Å². The van der Waals surface area contributed by atoms with Gasteiger partial charge in [0.1, 0.15) is 0 Å². The van der Waals surface area contributed by atoms with E-state index in [-0.39, 0.29) is 17.9 Å². The molecule has 1 amide bonds. The van der Waals surface area contributed by atoms with Crippen LogP contribution in [-0.4, -0.2) is 29.7 Å². The van der Waals surface area contributed by atoms with Crippen LogP contribution < -0.4 is 20.3 Å². The number of rotatable bonds is 7. The molecular weight excluding hydrogens is 417 g/mol. The van der Waals surface area contributed by atoms with Gasteiger partial charge >= 0.3 is 0 Å². The number of carbonyl (C=O) groups is 1. The largest absolute Gasteiger partial charge is 0.493 e. The summed E-state index contributed by atoms with van der Waals surface area (Å²) in [5.74, 6) is 0.750. The van der Waals surface area contributed by atoms with Crippen LogP contribution in [0.5, 0.6) is 11.5 Å². The third-order valence-corrected chi connectivity index (χ3v) is 4.89. The Labute approximate surface area is 177 Å². The normalized spacial score (nSPS) is 10.8. The van der Waals surface area contributed by atoms with Gasteiger partial charge in [-0.05, 0) is 30.7 Å². The number of amides is 1. The number of methoxy groups -OCH3 is 2. The van der Waals surface area contributed by atoms with E-state index in [4.69, 9.17) is 32.7 Å². The van der Waals surface area contributed by atoms with Gasteiger partial charge in [0.2, 0.25) is 5.91 Å². The lowest BCUT2D eigenvalue weighted by Crippen LogP contribution is -2.22. The number of ether oxygens (including phenoxy) is 2. The number of nitrogens with one attached hydrogen (secondary N) is 1. The highest BCUT2D eigenvalue weighted by Gasteiger charge is 2.12. The molecular formula is C20H19Cl2N3O4. The lowest BCUT2D eigenvalue weighted by atomic mass is 10.2. The van der Waals surface area contributed by atoms with Crippen molar-refractivity contribution in [2.24, 2.45) is 0 Å². The fourth-order valence-electron chi connectivity index (χ4n) is 2.86. The first-order chi connectivity index (χ1) is 13.9. The molecule has 9 heteroatoms. The van der Waals surface area contributed by atoms with Crippen LogP contribution >= 0.6 is 23.2 Å². The number of aryl methyl sites for hydroxylation is 1. The second-order valence-electron chi connectivity index (χ2n) is 6.24. The number of hydrogen-bond acceptors (Lipinski definition) is 5. The molecule has 0 aliphatic carbocycles. The number of nitrogens with zero attached hydrogens (tertiary/aromatic N) is 2. The topological polar surface area (TPSA) is 82.5 Å². The van der Waals surface area contributed by atoms with Crippen molar-refractivity contribution in [3.8, 4) is 11.5 Å². The summed E-state index contributed by atoms with van der Waals surface area (Å²) in [7, 11) is 3.03. The Morgan fingerprint density at radius 1 is 1.14 bits per heavy atom. The van der Waals surface area contributed by atoms with E-state index < -0.39 is 0 Å². The van der Waals surface area contributed by atoms with E-state index in [1.54, 1.807) is 30.3 Å². The van der Waals surface area contributed by atoms with Gasteiger partial charge in [-0.2, -0.15) is 0 Å². The molecule has 0 unspecified atom stereocenters. The number of aromatic nitrogens is 2. The van der Waals surface area contributed by atoms with Crippen LogP contribution in [0.4, 0.5) is 5.69 Å². The van der Waals surface area contributed by atoms with Crippen LogP contribution in [0.1, 0.15) is 12.8 Å². The molecule has 2 aromatic carbocycles. The van der Waals surface area contributed by atoms with Crippen LogP contribution in [-0.2, 0) is 11.3 Å². The highest BCUT2D eigenvalue weighted by atomic mass is 35.5. The summed E-state index contributed by atoms with van der Waals surface area (Å²) in [6, 6.07) is 8.11. The highest BCUT2D eigenvalue weighted by Crippen LogP contribution is 2.30. The van der Waals surface area contributed by atoms with Crippen molar-refractivity contribution in [3.05, 3.63) is 57.1 Å². The van der Waals surface area contributed by atoms with E-state index in [0.29, 0.717) is 51.1 Å². The molecule has 1 heterocycles. The SMILES string of the molecule is COc1cc2ncn(CCCC(=O)Nc3ccc(Cl)cc3Cl)c(=O)c2cc1OC. The van der Waals surface area contributed by atoms with Gasteiger partial charge in [-0.25, -0.2) is 4.98 Å². The maximum Gasteiger partial charge on any atom is 0.261 e. The van der Waals surface area contributed by atoms with Crippen molar-refractivity contribution in [2.45, 2.75) is 19.4 Å². The summed E-state index contributed by atoms with van der Waals surface area (Å²) < 4.78 is 12.0. The van der Waals surface area contributed by atoms with Gasteiger partial charge < -0.3 is 14.8 Å². The molecule has 29 heavy (non-hydrogen) atoms. The van der Waals surface area contributed by atoms with Crippen molar-refractivity contribution in [3.63, 3.8) is 0 Å². The molecule has 1 aromatic heterocycles. The molecule has 0 radical (unpaired) electrons. The molecule has 0 fully saturated rings. The Bertz CT molecular complexity index is 1110. The maximum absolute atomic E-state index is 12.7. The predicted molar refractivity (Wildman–Crippen MR) is 113 cm³/mol. The van der Waals surface area contributed by atoms with Crippen molar-refractivity contribution >= 4 is 45.7 Å². The molecule has 0 aliphatic heterocycles. The number of fused-ring (bicyclic) bond motifs is 1. The summed E-state index contributed by atoms with van der Waals surface area (Å²) in [5, 5.41) is 4.01. The average Bonchev–Trinajstić information content (AvgIpc) is 2.71. The smallest absolute Gasteiger partial charge is 0.261 e. The Morgan fingerprint density at radius 2 is 1.86 bits per heavy atom. The third-order valence-electron chi connectivity index (χ3n) is 4.34. The third kappa shape index (κ3) is 4.81. The predicted octanol–water partition coefficient (Wildman–Crippen LogP) is 4.14. The Morgan fingerprint density at radius 3 is 2.55 bits per heavy atom. The molecule has 0 atom stereocenters. The first kappa shape index (κ1) is 21.0. The molecule has 7 nitrogen and oxygen atoms in total. The van der Waals surface area contributed by atoms with Gasteiger partial charge in [0.25, 0.3) is 5.56 Å². The molecule has 0 bridgehead atoms. The Balaban J connectivity index is 1.68. The minimum atomic E-state index is -0.211. The van der Waals surface area contributed by atoms with Gasteiger partial charge in [0, 0.05) is 24.1 Å². The summed E-state index contributed by atoms with van der Waals surface area (Å²) >= 11 is 11.9. The zero-order chi connectivity index (χ0) is 21.0. The first-order valence-corrected chi connectivity index (χ1v) is 9.54. The standard InChI is InChI=1S/C20H19Cl2N3O4/c1-28-17-9-13-16(10-18(17)29-2)23-11-25(20(13)27)7-3-4-19(26)24-15-6-5-12(21)8-14(15)22/h5-6,8-11H,3-4,7H2,1-2H3,(H,24,26). The molecule has 1 N–H and O–H groups in total. The maximum atomic E-state index is 12.7. The van der Waals surface area contributed by atoms with E-state index in [2.05, 4.69) is 10.3 Å². The molecule has 152 valence electrons. The monoisotopic (exact) mass is 435 g/mol. The second kappa shape index (κ2) is 9.15. The quantitative estimate of drug-likeness (QED) is 0.602. The van der Waals surface area contributed by atoms with Gasteiger partial charge in [-0.1, -0.05) is 23.2 Å². The van der Waals surface area contributed by atoms with Crippen molar-refractivity contribution in [1.82, 2.24) is 9.55 Å². The van der Waals surface area contributed by atoms with E-state index in [9.17, 15) is 9.59 Å². The Hall–Kier alpha value is -2.77. The fourth-order valence-corrected chi connectivity index (χ4v) is 3.31. The minimum absolute atomic E-state index is 0.206. The van der Waals surface area contributed by atoms with Crippen LogP contribution in [0.15, 0.2) is 41.5 Å². The summed E-state index contributed by atoms with van der Waals surface area (Å²) in [5.41, 5.74) is 0.794. The first-order valence-electron chi connectivity index (χ1n) is 8.79. The molecule has 0 saturated heterocycles. The molecule has 3 aromatic rings. The molecule has 0 saturated carbocycles. The number of benzene rings is 2. The van der Waals surface area contributed by atoms with Crippen LogP contribution in [0.3, 0.4) is 0 Å². The lowest BCUT2D eigenvalue weighted by Gasteiger charge is -2.11. The summed E-state index contributed by atoms with van der Waals surface area (Å²) in [6.45, 7) is 0.345. The van der Waals surface area contributed by atoms with Crippen molar-refractivity contribution < 1.29 is 14.3 Å². The van der Waals surface area contributed by atoms with Crippen molar-refractivity contribution in [1.29, 1.82) is 0 Å². The zero-order valence-electron chi connectivity index (χ0n) is 15.9. The average molecular weight is 436 g/mol. The van der Waals surface area contributed by atoms with Crippen LogP contribution in [0, 0.1) is 0 Å². The fraction of sp³-hybridized carbons (Fsp3) is 0.250. The van der Waals surface area contributed by atoms with Gasteiger partial charge in [-0.15, -0.1) is 0 Å². The van der Waals surface area contributed by atoms with Gasteiger partial charge in [0.05, 0.1) is 42.2 Å².